The number of hydrogen-bond acceptors (Lipinski definition) is 6. The Hall–Kier alpha value is -2.28. The maximum atomic E-state index is 10.2. The molecule has 0 spiro atoms. The molecule has 146 valence electrons. The van der Waals surface area contributed by atoms with Crippen molar-refractivity contribution in [2.75, 3.05) is 40.1 Å². The van der Waals surface area contributed by atoms with Crippen molar-refractivity contribution in [3.05, 3.63) is 53.6 Å². The zero-order valence-corrected chi connectivity index (χ0v) is 15.9. The van der Waals surface area contributed by atoms with E-state index in [0.717, 1.165) is 29.4 Å². The lowest BCUT2D eigenvalue weighted by atomic mass is 10.2. The topological polar surface area (TPSA) is 60.4 Å². The third-order valence-corrected chi connectivity index (χ3v) is 4.27. The third kappa shape index (κ3) is 6.13. The summed E-state index contributed by atoms with van der Waals surface area (Å²) in [4.78, 5) is 2.03. The molecule has 0 fully saturated rings. The Morgan fingerprint density at radius 3 is 2.85 bits per heavy atom. The molecular formula is C21H27NO5. The highest BCUT2D eigenvalue weighted by Crippen LogP contribution is 2.32. The number of hydrogen-bond donors (Lipinski definition) is 1. The Bertz CT molecular complexity index is 736. The van der Waals surface area contributed by atoms with Crippen LogP contribution >= 0.6 is 0 Å². The highest BCUT2D eigenvalue weighted by atomic mass is 16.7. The third-order valence-electron chi connectivity index (χ3n) is 4.27. The summed E-state index contributed by atoms with van der Waals surface area (Å²) in [6.07, 6.45) is -0.553. The molecular weight excluding hydrogens is 346 g/mol. The lowest BCUT2D eigenvalue weighted by molar-refractivity contribution is 0.0123. The second-order valence-corrected chi connectivity index (χ2v) is 6.78. The highest BCUT2D eigenvalue weighted by Gasteiger charge is 2.14. The summed E-state index contributed by atoms with van der Waals surface area (Å²) in [5.41, 5.74) is 2.17. The van der Waals surface area contributed by atoms with E-state index in [2.05, 4.69) is 0 Å². The predicted molar refractivity (Wildman–Crippen MR) is 102 cm³/mol. The fraction of sp³-hybridized carbons (Fsp3) is 0.429. The maximum absolute atomic E-state index is 10.2. The number of rotatable bonds is 10. The molecule has 27 heavy (non-hydrogen) atoms. The molecule has 3 rings (SSSR count). The van der Waals surface area contributed by atoms with E-state index < -0.39 is 6.10 Å². The van der Waals surface area contributed by atoms with E-state index >= 15 is 0 Å². The van der Waals surface area contributed by atoms with Gasteiger partial charge in [-0.1, -0.05) is 18.2 Å². The van der Waals surface area contributed by atoms with Gasteiger partial charge in [0.25, 0.3) is 0 Å². The van der Waals surface area contributed by atoms with Crippen molar-refractivity contribution in [2.45, 2.75) is 19.6 Å². The van der Waals surface area contributed by atoms with Crippen LogP contribution < -0.4 is 14.2 Å². The number of ether oxygens (including phenoxy) is 4. The monoisotopic (exact) mass is 373 g/mol. The molecule has 0 bridgehead atoms. The zero-order valence-electron chi connectivity index (χ0n) is 15.9. The van der Waals surface area contributed by atoms with E-state index in [0.29, 0.717) is 19.8 Å². The molecule has 0 aliphatic carbocycles. The summed E-state index contributed by atoms with van der Waals surface area (Å²) >= 11 is 0. The van der Waals surface area contributed by atoms with E-state index in [1.807, 2.05) is 61.3 Å². The van der Waals surface area contributed by atoms with Gasteiger partial charge >= 0.3 is 0 Å². The number of aliphatic hydroxyl groups excluding tert-OH is 1. The molecule has 1 aliphatic heterocycles. The van der Waals surface area contributed by atoms with Crippen LogP contribution in [0.25, 0.3) is 0 Å². The number of aryl methyl sites for hydroxylation is 1. The maximum Gasteiger partial charge on any atom is 0.231 e. The first-order chi connectivity index (χ1) is 13.1. The minimum absolute atomic E-state index is 0.262. The van der Waals surface area contributed by atoms with Crippen molar-refractivity contribution in [1.82, 2.24) is 4.90 Å². The van der Waals surface area contributed by atoms with Crippen molar-refractivity contribution in [1.29, 1.82) is 0 Å². The van der Waals surface area contributed by atoms with Crippen LogP contribution in [0.15, 0.2) is 42.5 Å². The van der Waals surface area contributed by atoms with E-state index in [4.69, 9.17) is 18.9 Å². The van der Waals surface area contributed by atoms with Crippen LogP contribution in [0.3, 0.4) is 0 Å². The van der Waals surface area contributed by atoms with Crippen LogP contribution in [0.4, 0.5) is 0 Å². The van der Waals surface area contributed by atoms with Crippen LogP contribution in [-0.4, -0.2) is 56.3 Å². The van der Waals surface area contributed by atoms with E-state index in [1.165, 1.54) is 5.56 Å². The van der Waals surface area contributed by atoms with Gasteiger partial charge in [-0.3, -0.25) is 0 Å². The van der Waals surface area contributed by atoms with Gasteiger partial charge in [-0.25, -0.2) is 0 Å². The highest BCUT2D eigenvalue weighted by molar-refractivity contribution is 5.44. The number of fused-ring (bicyclic) bond motifs is 1. The zero-order chi connectivity index (χ0) is 19.1. The van der Waals surface area contributed by atoms with Gasteiger partial charge in [0.05, 0.1) is 19.3 Å². The van der Waals surface area contributed by atoms with E-state index in [1.54, 1.807) is 0 Å². The van der Waals surface area contributed by atoms with Gasteiger partial charge in [0.1, 0.15) is 12.4 Å². The van der Waals surface area contributed by atoms with Gasteiger partial charge in [-0.15, -0.1) is 0 Å². The predicted octanol–water partition coefficient (Wildman–Crippen LogP) is 2.61. The second-order valence-electron chi connectivity index (χ2n) is 6.78. The van der Waals surface area contributed by atoms with Gasteiger partial charge in [-0.05, 0) is 49.4 Å². The summed E-state index contributed by atoms with van der Waals surface area (Å²) in [6, 6.07) is 13.7. The summed E-state index contributed by atoms with van der Waals surface area (Å²) in [5, 5.41) is 10.2. The average Bonchev–Trinajstić information content (AvgIpc) is 3.09. The molecule has 1 N–H and O–H groups in total. The molecule has 0 saturated heterocycles. The molecule has 0 saturated carbocycles. The van der Waals surface area contributed by atoms with Crippen LogP contribution in [0.5, 0.6) is 17.2 Å². The Morgan fingerprint density at radius 2 is 2.00 bits per heavy atom. The Labute approximate surface area is 160 Å². The van der Waals surface area contributed by atoms with Gasteiger partial charge in [0.15, 0.2) is 11.5 Å². The number of benzene rings is 2. The van der Waals surface area contributed by atoms with Crippen LogP contribution in [0.2, 0.25) is 0 Å². The molecule has 0 amide bonds. The van der Waals surface area contributed by atoms with E-state index in [-0.39, 0.29) is 13.4 Å². The van der Waals surface area contributed by atoms with Crippen molar-refractivity contribution in [3.63, 3.8) is 0 Å². The molecule has 2 aromatic rings. The van der Waals surface area contributed by atoms with Crippen LogP contribution in [-0.2, 0) is 11.3 Å². The van der Waals surface area contributed by atoms with Crippen LogP contribution in [0.1, 0.15) is 11.1 Å². The normalized spacial score (nSPS) is 13.8. The Kier molecular flexibility index (Phi) is 6.92. The fourth-order valence-electron chi connectivity index (χ4n) is 2.87. The van der Waals surface area contributed by atoms with Crippen molar-refractivity contribution >= 4 is 0 Å². The molecule has 0 aromatic heterocycles. The van der Waals surface area contributed by atoms with Gasteiger partial charge in [0, 0.05) is 13.1 Å². The SMILES string of the molecule is Cc1cccc(OCCN(C)C[C@H](O)COCc2ccc3c(c2)OCO3)c1. The Morgan fingerprint density at radius 1 is 1.15 bits per heavy atom. The summed E-state index contributed by atoms with van der Waals surface area (Å²) < 4.78 is 22.0. The molecule has 6 heteroatoms. The summed E-state index contributed by atoms with van der Waals surface area (Å²) in [5.74, 6) is 2.37. The number of aliphatic hydroxyl groups is 1. The summed E-state index contributed by atoms with van der Waals surface area (Å²) in [6.45, 7) is 4.83. The largest absolute Gasteiger partial charge is 0.492 e. The smallest absolute Gasteiger partial charge is 0.231 e. The van der Waals surface area contributed by atoms with Gasteiger partial charge in [0.2, 0.25) is 6.79 Å². The minimum atomic E-state index is -0.553. The summed E-state index contributed by atoms with van der Waals surface area (Å²) in [7, 11) is 1.96. The lowest BCUT2D eigenvalue weighted by Gasteiger charge is -2.20. The van der Waals surface area contributed by atoms with Gasteiger partial charge < -0.3 is 29.0 Å². The first kappa shape index (κ1) is 19.5. The Balaban J connectivity index is 1.31. The molecule has 6 nitrogen and oxygen atoms in total. The van der Waals surface area contributed by atoms with Gasteiger partial charge in [-0.2, -0.15) is 0 Å². The second kappa shape index (κ2) is 9.60. The van der Waals surface area contributed by atoms with Crippen molar-refractivity contribution in [3.8, 4) is 17.2 Å². The lowest BCUT2D eigenvalue weighted by Crippen LogP contribution is -2.34. The fourth-order valence-corrected chi connectivity index (χ4v) is 2.87. The minimum Gasteiger partial charge on any atom is -0.492 e. The van der Waals surface area contributed by atoms with Crippen LogP contribution in [0, 0.1) is 6.92 Å². The molecule has 0 radical (unpaired) electrons. The number of nitrogens with zero attached hydrogens (tertiary/aromatic N) is 1. The number of likely N-dealkylation sites (N-methyl/N-ethyl adjacent to an activating group) is 1. The molecule has 1 atom stereocenters. The standard InChI is InChI=1S/C21H27NO5/c1-16-4-3-5-19(10-16)25-9-8-22(2)12-18(23)14-24-13-17-6-7-20-21(11-17)27-15-26-20/h3-7,10-11,18,23H,8-9,12-15H2,1-2H3/t18-/m0/s1. The van der Waals surface area contributed by atoms with Crippen molar-refractivity contribution < 1.29 is 24.1 Å². The van der Waals surface area contributed by atoms with Crippen molar-refractivity contribution in [2.24, 2.45) is 0 Å². The molecule has 1 aliphatic rings. The molecule has 2 aromatic carbocycles. The first-order valence-corrected chi connectivity index (χ1v) is 9.12. The quantitative estimate of drug-likeness (QED) is 0.691. The first-order valence-electron chi connectivity index (χ1n) is 9.12. The average molecular weight is 373 g/mol. The molecule has 1 heterocycles. The van der Waals surface area contributed by atoms with E-state index in [9.17, 15) is 5.11 Å². The molecule has 0 unspecified atom stereocenters.